The van der Waals surface area contributed by atoms with Gasteiger partial charge in [-0.25, -0.2) is 0 Å². The summed E-state index contributed by atoms with van der Waals surface area (Å²) >= 11 is 0. The van der Waals surface area contributed by atoms with Gasteiger partial charge in [0, 0.05) is 18.4 Å². The fourth-order valence-corrected chi connectivity index (χ4v) is 3.84. The molecule has 0 N–H and O–H groups in total. The molecule has 2 heterocycles. The molecule has 0 atom stereocenters. The molecule has 0 radical (unpaired) electrons. The van der Waals surface area contributed by atoms with Gasteiger partial charge in [-0.05, 0) is 12.0 Å². The summed E-state index contributed by atoms with van der Waals surface area (Å²) < 4.78 is 16.3. The van der Waals surface area contributed by atoms with Gasteiger partial charge in [0.1, 0.15) is 0 Å². The molecule has 2 aliphatic rings. The minimum Gasteiger partial charge on any atom is -0.424 e. The minimum absolute atomic E-state index is 0.360. The Morgan fingerprint density at radius 3 is 2.14 bits per heavy atom. The van der Waals surface area contributed by atoms with Crippen molar-refractivity contribution in [2.75, 3.05) is 33.0 Å². The van der Waals surface area contributed by atoms with Crippen LogP contribution in [0.25, 0.3) is 0 Å². The summed E-state index contributed by atoms with van der Waals surface area (Å²) in [5, 5.41) is 0. The predicted octanol–water partition coefficient (Wildman–Crippen LogP) is 0.578. The van der Waals surface area contributed by atoms with Gasteiger partial charge in [-0.15, -0.1) is 0 Å². The van der Waals surface area contributed by atoms with Crippen LogP contribution in [-0.4, -0.2) is 42.8 Å². The first kappa shape index (κ1) is 10.6. The van der Waals surface area contributed by atoms with Crippen LogP contribution in [0.1, 0.15) is 13.3 Å². The van der Waals surface area contributed by atoms with Crippen molar-refractivity contribution in [3.8, 4) is 0 Å². The van der Waals surface area contributed by atoms with Crippen molar-refractivity contribution in [1.82, 2.24) is 0 Å². The summed E-state index contributed by atoms with van der Waals surface area (Å²) in [6, 6.07) is 0. The fourth-order valence-electron chi connectivity index (χ4n) is 2.02. The molecular weight excluding hydrogens is 196 g/mol. The summed E-state index contributed by atoms with van der Waals surface area (Å²) in [7, 11) is -0.360. The molecule has 2 rings (SSSR count). The first-order valence-electron chi connectivity index (χ1n) is 5.65. The maximum absolute atomic E-state index is 5.79. The average molecular weight is 216 g/mol. The maximum Gasteiger partial charge on any atom is 0.165 e. The summed E-state index contributed by atoms with van der Waals surface area (Å²) in [5.74, 6) is 1.57. The van der Waals surface area contributed by atoms with Crippen molar-refractivity contribution >= 4 is 9.76 Å². The van der Waals surface area contributed by atoms with Gasteiger partial charge in [0.15, 0.2) is 9.76 Å². The standard InChI is InChI=1S/C10H20O3Si/c1-2-3-13-14-10(8-4-11-5-8)9-6-12-7-9/h8-10H,2-7,14H2,1H3. The quantitative estimate of drug-likeness (QED) is 0.480. The molecule has 4 heteroatoms. The van der Waals surface area contributed by atoms with Crippen molar-refractivity contribution in [2.45, 2.75) is 18.9 Å². The predicted molar refractivity (Wildman–Crippen MR) is 57.2 cm³/mol. The van der Waals surface area contributed by atoms with Crippen molar-refractivity contribution < 1.29 is 13.9 Å². The Hall–Kier alpha value is 0.0969. The van der Waals surface area contributed by atoms with E-state index in [0.29, 0.717) is 0 Å². The third-order valence-corrected chi connectivity index (χ3v) is 5.44. The van der Waals surface area contributed by atoms with Crippen LogP contribution in [-0.2, 0) is 13.9 Å². The Labute approximate surface area is 88.1 Å². The molecule has 0 aromatic carbocycles. The van der Waals surface area contributed by atoms with Gasteiger partial charge < -0.3 is 13.9 Å². The normalized spacial score (nSPS) is 24.4. The monoisotopic (exact) mass is 216 g/mol. The van der Waals surface area contributed by atoms with Crippen LogP contribution in [0.2, 0.25) is 5.54 Å². The lowest BCUT2D eigenvalue weighted by atomic mass is 9.91. The highest BCUT2D eigenvalue weighted by molar-refractivity contribution is 6.29. The molecule has 0 amide bonds. The summed E-state index contributed by atoms with van der Waals surface area (Å²) in [6.45, 7) is 6.97. The number of hydrogen-bond donors (Lipinski definition) is 0. The molecular formula is C10H20O3Si. The molecule has 82 valence electrons. The zero-order chi connectivity index (χ0) is 9.80. The summed E-state index contributed by atoms with van der Waals surface area (Å²) in [6.07, 6.45) is 1.14. The third kappa shape index (κ3) is 2.37. The third-order valence-electron chi connectivity index (χ3n) is 3.20. The lowest BCUT2D eigenvalue weighted by Crippen LogP contribution is -2.44. The highest BCUT2D eigenvalue weighted by Crippen LogP contribution is 2.36. The van der Waals surface area contributed by atoms with Crippen molar-refractivity contribution in [3.05, 3.63) is 0 Å². The molecule has 0 bridgehead atoms. The highest BCUT2D eigenvalue weighted by Gasteiger charge is 2.38. The van der Waals surface area contributed by atoms with Crippen LogP contribution in [0.4, 0.5) is 0 Å². The lowest BCUT2D eigenvalue weighted by Gasteiger charge is -2.41. The molecule has 0 saturated carbocycles. The van der Waals surface area contributed by atoms with Gasteiger partial charge in [-0.1, -0.05) is 6.92 Å². The Kier molecular flexibility index (Phi) is 3.98. The van der Waals surface area contributed by atoms with Crippen LogP contribution in [0.5, 0.6) is 0 Å². The van der Waals surface area contributed by atoms with Crippen LogP contribution in [0.3, 0.4) is 0 Å². The molecule has 2 aliphatic heterocycles. The van der Waals surface area contributed by atoms with Gasteiger partial charge >= 0.3 is 0 Å². The second-order valence-corrected chi connectivity index (χ2v) is 6.02. The molecule has 0 spiro atoms. The van der Waals surface area contributed by atoms with Crippen molar-refractivity contribution in [2.24, 2.45) is 11.8 Å². The van der Waals surface area contributed by atoms with E-state index in [2.05, 4.69) is 6.92 Å². The summed E-state index contributed by atoms with van der Waals surface area (Å²) in [4.78, 5) is 0. The highest BCUT2D eigenvalue weighted by atomic mass is 28.2. The molecule has 2 saturated heterocycles. The van der Waals surface area contributed by atoms with Crippen LogP contribution >= 0.6 is 0 Å². The van der Waals surface area contributed by atoms with E-state index in [4.69, 9.17) is 13.9 Å². The SMILES string of the molecule is CCCO[SiH2]C(C1COC1)C1COC1. The minimum atomic E-state index is -0.360. The Balaban J connectivity index is 1.73. The van der Waals surface area contributed by atoms with Crippen molar-refractivity contribution in [3.63, 3.8) is 0 Å². The van der Waals surface area contributed by atoms with E-state index in [1.54, 1.807) is 0 Å². The first-order chi connectivity index (χ1) is 6.92. The zero-order valence-corrected chi connectivity index (χ0v) is 10.3. The average Bonchev–Trinajstić information content (AvgIpc) is 1.98. The molecule has 2 fully saturated rings. The molecule has 0 aromatic heterocycles. The van der Waals surface area contributed by atoms with Crippen LogP contribution in [0, 0.1) is 11.8 Å². The largest absolute Gasteiger partial charge is 0.424 e. The van der Waals surface area contributed by atoms with Crippen molar-refractivity contribution in [1.29, 1.82) is 0 Å². The van der Waals surface area contributed by atoms with Gasteiger partial charge in [-0.3, -0.25) is 0 Å². The molecule has 0 aliphatic carbocycles. The van der Waals surface area contributed by atoms with E-state index in [9.17, 15) is 0 Å². The first-order valence-corrected chi connectivity index (χ1v) is 7.04. The van der Waals surface area contributed by atoms with Gasteiger partial charge in [0.2, 0.25) is 0 Å². The van der Waals surface area contributed by atoms with E-state index in [-0.39, 0.29) is 9.76 Å². The maximum atomic E-state index is 5.79. The molecule has 14 heavy (non-hydrogen) atoms. The number of ether oxygens (including phenoxy) is 2. The topological polar surface area (TPSA) is 27.7 Å². The van der Waals surface area contributed by atoms with E-state index >= 15 is 0 Å². The van der Waals surface area contributed by atoms with E-state index in [1.165, 1.54) is 0 Å². The Bertz CT molecular complexity index is 155. The Morgan fingerprint density at radius 1 is 1.21 bits per heavy atom. The van der Waals surface area contributed by atoms with Crippen LogP contribution < -0.4 is 0 Å². The number of hydrogen-bond acceptors (Lipinski definition) is 3. The zero-order valence-electron chi connectivity index (χ0n) is 8.91. The second kappa shape index (κ2) is 5.26. The molecule has 0 unspecified atom stereocenters. The molecule has 3 nitrogen and oxygen atoms in total. The summed E-state index contributed by atoms with van der Waals surface area (Å²) in [5.41, 5.74) is 0.809. The fraction of sp³-hybridized carbons (Fsp3) is 1.00. The number of rotatable bonds is 6. The Morgan fingerprint density at radius 2 is 1.79 bits per heavy atom. The van der Waals surface area contributed by atoms with E-state index in [0.717, 1.165) is 56.8 Å². The van der Waals surface area contributed by atoms with Crippen LogP contribution in [0.15, 0.2) is 0 Å². The lowest BCUT2D eigenvalue weighted by molar-refractivity contribution is -0.0910. The van der Waals surface area contributed by atoms with Gasteiger partial charge in [0.05, 0.1) is 26.4 Å². The molecule has 0 aromatic rings. The smallest absolute Gasteiger partial charge is 0.165 e. The van der Waals surface area contributed by atoms with E-state index in [1.807, 2.05) is 0 Å². The second-order valence-electron chi connectivity index (χ2n) is 4.33. The van der Waals surface area contributed by atoms with Gasteiger partial charge in [-0.2, -0.15) is 0 Å². The van der Waals surface area contributed by atoms with E-state index < -0.39 is 0 Å². The van der Waals surface area contributed by atoms with Gasteiger partial charge in [0.25, 0.3) is 0 Å².